The van der Waals surface area contributed by atoms with E-state index in [2.05, 4.69) is 4.99 Å². The van der Waals surface area contributed by atoms with Crippen molar-refractivity contribution >= 4 is 33.9 Å². The Hall–Kier alpha value is -3.44. The van der Waals surface area contributed by atoms with Gasteiger partial charge in [0.15, 0.2) is 0 Å². The SMILES string of the molecule is O=[N+]([O-])c1cccc(N=c2cc(-c3ccc(Cl)cc3)oc3ccccc23)c1. The molecule has 0 radical (unpaired) electrons. The molecule has 0 fully saturated rings. The van der Waals surface area contributed by atoms with Crippen molar-refractivity contribution in [3.63, 3.8) is 0 Å². The number of rotatable bonds is 3. The van der Waals surface area contributed by atoms with Gasteiger partial charge in [0.25, 0.3) is 5.69 Å². The van der Waals surface area contributed by atoms with Crippen LogP contribution in [0.4, 0.5) is 11.4 Å². The van der Waals surface area contributed by atoms with Gasteiger partial charge in [0.2, 0.25) is 0 Å². The Morgan fingerprint density at radius 1 is 0.926 bits per heavy atom. The van der Waals surface area contributed by atoms with Gasteiger partial charge in [-0.3, -0.25) is 10.1 Å². The van der Waals surface area contributed by atoms with E-state index in [0.29, 0.717) is 27.4 Å². The number of nitrogens with zero attached hydrogens (tertiary/aromatic N) is 2. The molecule has 0 bridgehead atoms. The topological polar surface area (TPSA) is 68.6 Å². The van der Waals surface area contributed by atoms with Gasteiger partial charge in [0.05, 0.1) is 16.0 Å². The summed E-state index contributed by atoms with van der Waals surface area (Å²) in [5.41, 5.74) is 2.04. The van der Waals surface area contributed by atoms with Crippen LogP contribution in [-0.4, -0.2) is 4.92 Å². The molecule has 0 unspecified atom stereocenters. The standard InChI is InChI=1S/C21H13ClN2O3/c22-15-10-8-14(9-11-15)21-13-19(18-6-1-2-7-20(18)27-21)23-16-4-3-5-17(12-16)24(25)26/h1-13H. The van der Waals surface area contributed by atoms with E-state index in [0.717, 1.165) is 10.9 Å². The Kier molecular flexibility index (Phi) is 4.44. The van der Waals surface area contributed by atoms with Crippen LogP contribution in [0.3, 0.4) is 0 Å². The van der Waals surface area contributed by atoms with Crippen molar-refractivity contribution < 1.29 is 9.34 Å². The molecule has 27 heavy (non-hydrogen) atoms. The fourth-order valence-electron chi connectivity index (χ4n) is 2.78. The summed E-state index contributed by atoms with van der Waals surface area (Å²) < 4.78 is 6.02. The first kappa shape index (κ1) is 17.0. The predicted octanol–water partition coefficient (Wildman–Crippen LogP) is 5.89. The molecule has 6 heteroatoms. The Balaban J connectivity index is 1.95. The smallest absolute Gasteiger partial charge is 0.271 e. The van der Waals surface area contributed by atoms with Gasteiger partial charge >= 0.3 is 0 Å². The van der Waals surface area contributed by atoms with Gasteiger partial charge in [0, 0.05) is 34.2 Å². The summed E-state index contributed by atoms with van der Waals surface area (Å²) in [6, 6.07) is 22.9. The number of para-hydroxylation sites is 1. The number of non-ortho nitro benzene ring substituents is 1. The van der Waals surface area contributed by atoms with E-state index < -0.39 is 4.92 Å². The van der Waals surface area contributed by atoms with E-state index in [1.807, 2.05) is 42.5 Å². The van der Waals surface area contributed by atoms with Crippen molar-refractivity contribution in [1.29, 1.82) is 0 Å². The molecule has 1 heterocycles. The van der Waals surface area contributed by atoms with Crippen LogP contribution in [0, 0.1) is 10.1 Å². The molecule has 4 aromatic rings. The van der Waals surface area contributed by atoms with Crippen LogP contribution in [-0.2, 0) is 0 Å². The van der Waals surface area contributed by atoms with Crippen molar-refractivity contribution in [2.75, 3.05) is 0 Å². The molecule has 132 valence electrons. The molecule has 0 spiro atoms. The summed E-state index contributed by atoms with van der Waals surface area (Å²) in [6.45, 7) is 0. The van der Waals surface area contributed by atoms with E-state index in [4.69, 9.17) is 16.0 Å². The first-order valence-corrected chi connectivity index (χ1v) is 8.56. The van der Waals surface area contributed by atoms with Crippen molar-refractivity contribution in [1.82, 2.24) is 0 Å². The minimum atomic E-state index is -0.434. The Bertz CT molecular complexity index is 1210. The lowest BCUT2D eigenvalue weighted by Crippen LogP contribution is -2.03. The fraction of sp³-hybridized carbons (Fsp3) is 0. The zero-order valence-corrected chi connectivity index (χ0v) is 14.8. The van der Waals surface area contributed by atoms with E-state index in [1.54, 1.807) is 24.3 Å². The molecule has 0 amide bonds. The van der Waals surface area contributed by atoms with Gasteiger partial charge in [-0.15, -0.1) is 0 Å². The number of nitro benzene ring substituents is 1. The second-order valence-corrected chi connectivity index (χ2v) is 6.32. The maximum Gasteiger partial charge on any atom is 0.271 e. The van der Waals surface area contributed by atoms with Gasteiger partial charge in [-0.2, -0.15) is 0 Å². The Morgan fingerprint density at radius 3 is 2.48 bits per heavy atom. The van der Waals surface area contributed by atoms with Crippen molar-refractivity contribution in [2.24, 2.45) is 4.99 Å². The lowest BCUT2D eigenvalue weighted by atomic mass is 10.1. The highest BCUT2D eigenvalue weighted by atomic mass is 35.5. The highest BCUT2D eigenvalue weighted by Gasteiger charge is 2.08. The van der Waals surface area contributed by atoms with Gasteiger partial charge in [-0.1, -0.05) is 29.8 Å². The largest absolute Gasteiger partial charge is 0.456 e. The van der Waals surface area contributed by atoms with Crippen LogP contribution in [0.15, 0.2) is 88.3 Å². The maximum atomic E-state index is 11.0. The predicted molar refractivity (Wildman–Crippen MR) is 105 cm³/mol. The molecule has 0 aliphatic rings. The van der Waals surface area contributed by atoms with Gasteiger partial charge in [0.1, 0.15) is 11.3 Å². The van der Waals surface area contributed by atoms with E-state index >= 15 is 0 Å². The molecule has 4 rings (SSSR count). The van der Waals surface area contributed by atoms with Crippen molar-refractivity contribution in [3.8, 4) is 11.3 Å². The zero-order valence-electron chi connectivity index (χ0n) is 14.0. The number of hydrogen-bond donors (Lipinski definition) is 0. The van der Waals surface area contributed by atoms with Crippen molar-refractivity contribution in [2.45, 2.75) is 0 Å². The molecular weight excluding hydrogens is 364 g/mol. The number of benzene rings is 3. The maximum absolute atomic E-state index is 11.0. The molecule has 0 saturated heterocycles. The normalized spacial score (nSPS) is 11.7. The average Bonchev–Trinajstić information content (AvgIpc) is 2.68. The quantitative estimate of drug-likeness (QED) is 0.330. The van der Waals surface area contributed by atoms with E-state index in [1.165, 1.54) is 12.1 Å². The van der Waals surface area contributed by atoms with Crippen LogP contribution in [0.1, 0.15) is 0 Å². The first-order chi connectivity index (χ1) is 13.1. The number of fused-ring (bicyclic) bond motifs is 1. The molecule has 0 atom stereocenters. The molecule has 0 aliphatic carbocycles. The number of nitro groups is 1. The fourth-order valence-corrected chi connectivity index (χ4v) is 2.91. The lowest BCUT2D eigenvalue weighted by Gasteiger charge is -2.05. The number of halogens is 1. The molecule has 3 aromatic carbocycles. The van der Waals surface area contributed by atoms with Gasteiger partial charge in [-0.05, 0) is 42.5 Å². The van der Waals surface area contributed by atoms with Gasteiger partial charge < -0.3 is 4.42 Å². The van der Waals surface area contributed by atoms with Crippen LogP contribution in [0.5, 0.6) is 0 Å². The van der Waals surface area contributed by atoms with Crippen LogP contribution >= 0.6 is 11.6 Å². The molecular formula is C21H13ClN2O3. The average molecular weight is 377 g/mol. The highest BCUT2D eigenvalue weighted by Crippen LogP contribution is 2.25. The monoisotopic (exact) mass is 376 g/mol. The Labute approximate surface area is 159 Å². The summed E-state index contributed by atoms with van der Waals surface area (Å²) >= 11 is 5.97. The zero-order chi connectivity index (χ0) is 18.8. The molecule has 1 aromatic heterocycles. The Morgan fingerprint density at radius 2 is 1.70 bits per heavy atom. The van der Waals surface area contributed by atoms with Crippen molar-refractivity contribution in [3.05, 3.63) is 99.4 Å². The molecule has 0 saturated carbocycles. The number of hydrogen-bond acceptors (Lipinski definition) is 4. The lowest BCUT2D eigenvalue weighted by molar-refractivity contribution is -0.384. The highest BCUT2D eigenvalue weighted by molar-refractivity contribution is 6.30. The second-order valence-electron chi connectivity index (χ2n) is 5.89. The third-order valence-electron chi connectivity index (χ3n) is 4.07. The summed E-state index contributed by atoms with van der Waals surface area (Å²) in [5.74, 6) is 0.634. The molecule has 5 nitrogen and oxygen atoms in total. The summed E-state index contributed by atoms with van der Waals surface area (Å²) in [7, 11) is 0. The summed E-state index contributed by atoms with van der Waals surface area (Å²) in [4.78, 5) is 15.2. The summed E-state index contributed by atoms with van der Waals surface area (Å²) in [5, 5.41) is 13.2. The molecule has 0 N–H and O–H groups in total. The molecule has 0 aliphatic heterocycles. The minimum Gasteiger partial charge on any atom is -0.456 e. The first-order valence-electron chi connectivity index (χ1n) is 8.18. The van der Waals surface area contributed by atoms with Crippen LogP contribution in [0.25, 0.3) is 22.3 Å². The summed E-state index contributed by atoms with van der Waals surface area (Å²) in [6.07, 6.45) is 0. The van der Waals surface area contributed by atoms with E-state index in [-0.39, 0.29) is 5.69 Å². The van der Waals surface area contributed by atoms with E-state index in [9.17, 15) is 10.1 Å². The second kappa shape index (κ2) is 7.05. The third kappa shape index (κ3) is 3.59. The minimum absolute atomic E-state index is 0.000834. The third-order valence-corrected chi connectivity index (χ3v) is 4.32. The van der Waals surface area contributed by atoms with Gasteiger partial charge in [-0.25, -0.2) is 4.99 Å². The van der Waals surface area contributed by atoms with Crippen LogP contribution < -0.4 is 5.36 Å². The van der Waals surface area contributed by atoms with Crippen LogP contribution in [0.2, 0.25) is 5.02 Å².